The van der Waals surface area contributed by atoms with Gasteiger partial charge in [0, 0.05) is 17.4 Å². The molecule has 2 nitrogen and oxygen atoms in total. The van der Waals surface area contributed by atoms with Crippen molar-refractivity contribution in [2.24, 2.45) is 35.5 Å². The van der Waals surface area contributed by atoms with Crippen molar-refractivity contribution < 1.29 is 27.6 Å². The second-order valence-electron chi connectivity index (χ2n) is 9.08. The van der Waals surface area contributed by atoms with Crippen molar-refractivity contribution in [1.29, 1.82) is 0 Å². The fraction of sp³-hybridized carbons (Fsp3) is 0.870. The van der Waals surface area contributed by atoms with Gasteiger partial charge in [-0.15, -0.1) is 0 Å². The van der Waals surface area contributed by atoms with Crippen LogP contribution in [-0.2, 0) is 17.4 Å². The molecule has 26 heavy (non-hydrogen) atoms. The molecule has 2 aliphatic carbocycles. The summed E-state index contributed by atoms with van der Waals surface area (Å²) in [5.74, 6) is 3.90. The van der Waals surface area contributed by atoms with Gasteiger partial charge in [-0.05, 0) is 61.2 Å². The summed E-state index contributed by atoms with van der Waals surface area (Å²) in [6.07, 6.45) is 8.53. The zero-order valence-electron chi connectivity index (χ0n) is 18.2. The first kappa shape index (κ1) is 28.3. The van der Waals surface area contributed by atoms with Gasteiger partial charge in [0.2, 0.25) is 0 Å². The number of allylic oxidation sites excluding steroid dienone is 1. The van der Waals surface area contributed by atoms with Crippen molar-refractivity contribution in [3.63, 3.8) is 0 Å². The Hall–Kier alpha value is 0.0625. The minimum absolute atomic E-state index is 0. The molecule has 0 aromatic heterocycles. The van der Waals surface area contributed by atoms with Crippen LogP contribution in [0.2, 0.25) is 0 Å². The van der Waals surface area contributed by atoms with Crippen molar-refractivity contribution in [2.45, 2.75) is 92.3 Å². The predicted octanol–water partition coefficient (Wildman–Crippen LogP) is 5.88. The third-order valence-electron chi connectivity index (χ3n) is 5.97. The van der Waals surface area contributed by atoms with E-state index in [1.807, 2.05) is 0 Å². The van der Waals surface area contributed by atoms with Crippen LogP contribution in [0.15, 0.2) is 12.7 Å². The number of aliphatic hydroxyl groups excluding tert-OH is 2. The third kappa shape index (κ3) is 11.0. The molecule has 2 rings (SSSR count). The van der Waals surface area contributed by atoms with Crippen LogP contribution < -0.4 is 0 Å². The normalized spacial score (nSPS) is 33.9. The molecule has 0 radical (unpaired) electrons. The Labute approximate surface area is 175 Å². The Morgan fingerprint density at radius 2 is 1.08 bits per heavy atom. The molecule has 156 valence electrons. The van der Waals surface area contributed by atoms with Gasteiger partial charge in [0.05, 0.1) is 12.2 Å². The average Bonchev–Trinajstić information content (AvgIpc) is 2.47. The first-order valence-corrected chi connectivity index (χ1v) is 10.4. The smallest absolute Gasteiger partial charge is 0.0573 e. The Morgan fingerprint density at radius 1 is 0.808 bits per heavy atom. The van der Waals surface area contributed by atoms with Crippen LogP contribution in [0.3, 0.4) is 0 Å². The van der Waals surface area contributed by atoms with E-state index in [0.29, 0.717) is 23.7 Å². The van der Waals surface area contributed by atoms with Crippen LogP contribution in [-0.4, -0.2) is 22.4 Å². The molecule has 6 atom stereocenters. The summed E-state index contributed by atoms with van der Waals surface area (Å²) >= 11 is 0. The molecule has 0 unspecified atom stereocenters. The minimum atomic E-state index is -0.0289. The van der Waals surface area contributed by atoms with E-state index in [4.69, 9.17) is 0 Å². The fourth-order valence-electron chi connectivity index (χ4n) is 4.30. The molecule has 3 heteroatoms. The minimum Gasteiger partial charge on any atom is -0.393 e. The van der Waals surface area contributed by atoms with Gasteiger partial charge in [0.1, 0.15) is 0 Å². The molecule has 0 spiro atoms. The Morgan fingerprint density at radius 3 is 1.27 bits per heavy atom. The van der Waals surface area contributed by atoms with Gasteiger partial charge < -0.3 is 10.2 Å². The number of hydrogen-bond donors (Lipinski definition) is 2. The second kappa shape index (κ2) is 15.0. The fourth-order valence-corrected chi connectivity index (χ4v) is 4.30. The maximum absolute atomic E-state index is 9.71. The van der Waals surface area contributed by atoms with E-state index in [1.54, 1.807) is 0 Å². The van der Waals surface area contributed by atoms with Gasteiger partial charge in [-0.2, -0.15) is 0 Å². The molecular weight excluding hydrogens is 360 g/mol. The topological polar surface area (TPSA) is 40.5 Å². The molecule has 0 aromatic carbocycles. The summed E-state index contributed by atoms with van der Waals surface area (Å²) in [6, 6.07) is 0. The molecule has 2 fully saturated rings. The molecule has 0 aromatic rings. The Bertz CT molecular complexity index is 313. The van der Waals surface area contributed by atoms with Crippen molar-refractivity contribution in [3.8, 4) is 0 Å². The van der Waals surface area contributed by atoms with Crippen LogP contribution in [0.4, 0.5) is 0 Å². The van der Waals surface area contributed by atoms with Gasteiger partial charge in [-0.1, -0.05) is 54.4 Å². The summed E-state index contributed by atoms with van der Waals surface area (Å²) in [4.78, 5) is 0. The number of hydrogen-bond acceptors (Lipinski definition) is 2. The van der Waals surface area contributed by atoms with Crippen LogP contribution in [0.1, 0.15) is 80.1 Å². The van der Waals surface area contributed by atoms with E-state index < -0.39 is 0 Å². The summed E-state index contributed by atoms with van der Waals surface area (Å²) in [5.41, 5.74) is 0. The summed E-state index contributed by atoms with van der Waals surface area (Å²) in [6.45, 7) is 19.8. The quantitative estimate of drug-likeness (QED) is 0.563. The Kier molecular flexibility index (Phi) is 16.4. The van der Waals surface area contributed by atoms with Crippen LogP contribution >= 0.6 is 0 Å². The van der Waals surface area contributed by atoms with Gasteiger partial charge in [-0.3, -0.25) is 0 Å². The second-order valence-corrected chi connectivity index (χ2v) is 9.08. The zero-order chi connectivity index (χ0) is 19.6. The first-order valence-electron chi connectivity index (χ1n) is 10.4. The van der Waals surface area contributed by atoms with E-state index in [0.717, 1.165) is 24.7 Å². The number of rotatable bonds is 2. The molecule has 0 heterocycles. The first-order chi connectivity index (χ1) is 11.6. The molecule has 2 aliphatic rings. The van der Waals surface area contributed by atoms with Gasteiger partial charge in [0.25, 0.3) is 0 Å². The third-order valence-corrected chi connectivity index (χ3v) is 5.97. The monoisotopic (exact) mass is 405 g/mol. The van der Waals surface area contributed by atoms with Crippen molar-refractivity contribution in [2.75, 3.05) is 0 Å². The molecular formula is C23H45CrO2-. The molecule has 0 amide bonds. The van der Waals surface area contributed by atoms with Crippen LogP contribution in [0, 0.1) is 42.4 Å². The largest absolute Gasteiger partial charge is 0.393 e. The van der Waals surface area contributed by atoms with Gasteiger partial charge in [-0.25, -0.2) is 19.6 Å². The summed E-state index contributed by atoms with van der Waals surface area (Å²) < 4.78 is 0. The van der Waals surface area contributed by atoms with Crippen molar-refractivity contribution in [3.05, 3.63) is 19.6 Å². The number of aliphatic hydroxyl groups is 2. The summed E-state index contributed by atoms with van der Waals surface area (Å²) in [5, 5.41) is 19.4. The maximum Gasteiger partial charge on any atom is 0.0573 e. The van der Waals surface area contributed by atoms with E-state index >= 15 is 0 Å². The van der Waals surface area contributed by atoms with Gasteiger partial charge >= 0.3 is 0 Å². The molecule has 0 aliphatic heterocycles. The molecule has 0 bridgehead atoms. The molecule has 2 N–H and O–H groups in total. The van der Waals surface area contributed by atoms with Crippen LogP contribution in [0.25, 0.3) is 0 Å². The Balaban J connectivity index is 0. The van der Waals surface area contributed by atoms with Crippen molar-refractivity contribution in [1.82, 2.24) is 0 Å². The molecule has 0 saturated heterocycles. The summed E-state index contributed by atoms with van der Waals surface area (Å²) in [7, 11) is 0. The zero-order valence-corrected chi connectivity index (χ0v) is 19.4. The average molecular weight is 406 g/mol. The predicted molar refractivity (Wildman–Crippen MR) is 110 cm³/mol. The maximum atomic E-state index is 9.71. The van der Waals surface area contributed by atoms with E-state index in [1.165, 1.54) is 31.8 Å². The van der Waals surface area contributed by atoms with Gasteiger partial charge in [0.15, 0.2) is 0 Å². The van der Waals surface area contributed by atoms with Crippen LogP contribution in [0.5, 0.6) is 0 Å². The van der Waals surface area contributed by atoms with E-state index in [2.05, 4.69) is 55.0 Å². The van der Waals surface area contributed by atoms with E-state index in [-0.39, 0.29) is 29.6 Å². The SMILES string of the molecule is C=C[CH2-].CC(C)[C@@H]1CC[C@@H](C)C[C@H]1O.CC(C)[C@@H]1CC[C@@H](C)C[C@H]1O.[Cr]. The standard InChI is InChI=1S/2C10H20O.C3H5.Cr/c2*1-7(2)9-5-4-8(3)6-10(9)11;1-3-2;/h2*7-11H,4-6H2,1-3H3;3H,1-2H2;/q;;-1;/t2*8-,9+,10-;;/m11../s1. The van der Waals surface area contributed by atoms with E-state index in [9.17, 15) is 10.2 Å². The molecule has 2 saturated carbocycles. The van der Waals surface area contributed by atoms with Crippen molar-refractivity contribution >= 4 is 0 Å².